The van der Waals surface area contributed by atoms with E-state index in [-0.39, 0.29) is 19.6 Å². The number of aliphatic hydroxyl groups is 1. The SMILES string of the molecule is BC1CC(=O)OCC(O)(CC)COC1=O. The number of rotatable bonds is 1. The van der Waals surface area contributed by atoms with Crippen LogP contribution in [0.25, 0.3) is 0 Å². The van der Waals surface area contributed by atoms with E-state index in [1.165, 1.54) is 0 Å². The summed E-state index contributed by atoms with van der Waals surface area (Å²) in [4.78, 5) is 22.5. The van der Waals surface area contributed by atoms with Crippen LogP contribution in [-0.4, -0.2) is 43.7 Å². The van der Waals surface area contributed by atoms with Crippen LogP contribution in [0.4, 0.5) is 0 Å². The summed E-state index contributed by atoms with van der Waals surface area (Å²) in [6, 6.07) is 0. The summed E-state index contributed by atoms with van der Waals surface area (Å²) >= 11 is 0. The molecule has 0 saturated carbocycles. The first-order chi connectivity index (χ1) is 6.97. The number of hydrogen-bond donors (Lipinski definition) is 1. The third-order valence-corrected chi connectivity index (χ3v) is 2.52. The molecule has 84 valence electrons. The summed E-state index contributed by atoms with van der Waals surface area (Å²) in [5, 5.41) is 9.88. The standard InChI is InChI=1S/C9H15BO5/c1-2-9(13)4-14-7(11)3-6(10)8(12)15-5-9/h6,13H,2-5,10H2,1H3. The second-order valence-corrected chi connectivity index (χ2v) is 3.95. The molecule has 0 aliphatic carbocycles. The molecule has 0 radical (unpaired) electrons. The molecule has 0 aromatic carbocycles. The molecule has 2 atom stereocenters. The summed E-state index contributed by atoms with van der Waals surface area (Å²) in [5.41, 5.74) is -1.25. The van der Waals surface area contributed by atoms with Crippen LogP contribution in [0, 0.1) is 0 Å². The van der Waals surface area contributed by atoms with Gasteiger partial charge in [-0.1, -0.05) is 6.92 Å². The number of esters is 2. The Morgan fingerprint density at radius 3 is 2.67 bits per heavy atom. The van der Waals surface area contributed by atoms with Crippen LogP contribution in [-0.2, 0) is 19.1 Å². The number of cyclic esters (lactones) is 2. The van der Waals surface area contributed by atoms with Crippen molar-refractivity contribution < 1.29 is 24.2 Å². The molecule has 0 aromatic rings. The van der Waals surface area contributed by atoms with Crippen molar-refractivity contribution >= 4 is 19.8 Å². The van der Waals surface area contributed by atoms with Crippen molar-refractivity contribution in [3.05, 3.63) is 0 Å². The highest BCUT2D eigenvalue weighted by Gasteiger charge is 2.32. The lowest BCUT2D eigenvalue weighted by Gasteiger charge is -2.24. The van der Waals surface area contributed by atoms with Gasteiger partial charge in [0.05, 0.1) is 6.42 Å². The monoisotopic (exact) mass is 214 g/mol. The van der Waals surface area contributed by atoms with Crippen molar-refractivity contribution in [2.75, 3.05) is 13.2 Å². The Labute approximate surface area is 89.1 Å². The predicted molar refractivity (Wildman–Crippen MR) is 54.1 cm³/mol. The summed E-state index contributed by atoms with van der Waals surface area (Å²) in [7, 11) is 1.60. The van der Waals surface area contributed by atoms with Crippen molar-refractivity contribution in [3.8, 4) is 0 Å². The van der Waals surface area contributed by atoms with E-state index in [4.69, 9.17) is 9.47 Å². The molecule has 0 aromatic heterocycles. The number of carbonyl (C=O) groups is 2. The second kappa shape index (κ2) is 4.66. The molecule has 6 heteroatoms. The van der Waals surface area contributed by atoms with Gasteiger partial charge in [-0.2, -0.15) is 0 Å². The first-order valence-corrected chi connectivity index (χ1v) is 5.01. The molecule has 0 amide bonds. The molecule has 1 rings (SSSR count). The van der Waals surface area contributed by atoms with Crippen LogP contribution in [0.1, 0.15) is 19.8 Å². The third kappa shape index (κ3) is 3.23. The minimum Gasteiger partial charge on any atom is -0.463 e. The van der Waals surface area contributed by atoms with E-state index in [0.29, 0.717) is 6.42 Å². The molecule has 15 heavy (non-hydrogen) atoms. The van der Waals surface area contributed by atoms with Gasteiger partial charge in [-0.05, 0) is 6.42 Å². The van der Waals surface area contributed by atoms with Gasteiger partial charge in [-0.3, -0.25) is 9.59 Å². The molecule has 1 heterocycles. The van der Waals surface area contributed by atoms with Crippen LogP contribution in [0.3, 0.4) is 0 Å². The van der Waals surface area contributed by atoms with Gasteiger partial charge in [0.2, 0.25) is 0 Å². The van der Waals surface area contributed by atoms with Crippen molar-refractivity contribution in [2.45, 2.75) is 31.2 Å². The maximum absolute atomic E-state index is 11.3. The lowest BCUT2D eigenvalue weighted by Crippen LogP contribution is -2.39. The van der Waals surface area contributed by atoms with E-state index < -0.39 is 23.4 Å². The minimum atomic E-state index is -1.25. The summed E-state index contributed by atoms with van der Waals surface area (Å²) in [6.45, 7) is 1.49. The van der Waals surface area contributed by atoms with Gasteiger partial charge in [-0.15, -0.1) is 0 Å². The fraction of sp³-hybridized carbons (Fsp3) is 0.778. The zero-order valence-electron chi connectivity index (χ0n) is 8.99. The van der Waals surface area contributed by atoms with Crippen molar-refractivity contribution in [1.29, 1.82) is 0 Å². The van der Waals surface area contributed by atoms with E-state index in [0.717, 1.165) is 0 Å². The Morgan fingerprint density at radius 1 is 1.47 bits per heavy atom. The van der Waals surface area contributed by atoms with Crippen molar-refractivity contribution in [1.82, 2.24) is 0 Å². The largest absolute Gasteiger partial charge is 0.463 e. The Morgan fingerprint density at radius 2 is 2.07 bits per heavy atom. The average molecular weight is 214 g/mol. The van der Waals surface area contributed by atoms with Crippen LogP contribution in [0.2, 0.25) is 5.82 Å². The number of ether oxygens (including phenoxy) is 2. The zero-order chi connectivity index (χ0) is 11.5. The van der Waals surface area contributed by atoms with Crippen LogP contribution >= 0.6 is 0 Å². The second-order valence-electron chi connectivity index (χ2n) is 3.95. The highest BCUT2D eigenvalue weighted by molar-refractivity contribution is 6.23. The van der Waals surface area contributed by atoms with Crippen LogP contribution in [0.15, 0.2) is 0 Å². The first kappa shape index (κ1) is 12.0. The average Bonchev–Trinajstić information content (AvgIpc) is 2.26. The molecular weight excluding hydrogens is 199 g/mol. The van der Waals surface area contributed by atoms with E-state index in [2.05, 4.69) is 0 Å². The van der Waals surface area contributed by atoms with E-state index in [9.17, 15) is 14.7 Å². The van der Waals surface area contributed by atoms with Crippen LogP contribution < -0.4 is 0 Å². The smallest absolute Gasteiger partial charge is 0.306 e. The van der Waals surface area contributed by atoms with Gasteiger partial charge in [0, 0.05) is 5.82 Å². The topological polar surface area (TPSA) is 72.8 Å². The molecule has 1 saturated heterocycles. The fourth-order valence-corrected chi connectivity index (χ4v) is 1.20. The molecule has 1 aliphatic heterocycles. The Balaban J connectivity index is 2.73. The molecule has 1 N–H and O–H groups in total. The Kier molecular flexibility index (Phi) is 3.74. The quantitative estimate of drug-likeness (QED) is 0.449. The molecule has 2 unspecified atom stereocenters. The maximum atomic E-state index is 11.3. The predicted octanol–water partition coefficient (Wildman–Crippen LogP) is -0.961. The fourth-order valence-electron chi connectivity index (χ4n) is 1.20. The van der Waals surface area contributed by atoms with Gasteiger partial charge in [0.1, 0.15) is 26.7 Å². The highest BCUT2D eigenvalue weighted by Crippen LogP contribution is 2.18. The Hall–Kier alpha value is -1.04. The zero-order valence-corrected chi connectivity index (χ0v) is 8.99. The molecule has 1 fully saturated rings. The van der Waals surface area contributed by atoms with E-state index in [1.54, 1.807) is 14.8 Å². The molecule has 0 spiro atoms. The Bertz CT molecular complexity index is 267. The van der Waals surface area contributed by atoms with E-state index >= 15 is 0 Å². The molecule has 5 nitrogen and oxygen atoms in total. The first-order valence-electron chi connectivity index (χ1n) is 5.01. The van der Waals surface area contributed by atoms with E-state index in [1.807, 2.05) is 0 Å². The number of carbonyl (C=O) groups excluding carboxylic acids is 2. The summed E-state index contributed by atoms with van der Waals surface area (Å²) < 4.78 is 9.78. The van der Waals surface area contributed by atoms with Gasteiger partial charge in [0.15, 0.2) is 0 Å². The number of hydrogen-bond acceptors (Lipinski definition) is 5. The summed E-state index contributed by atoms with van der Waals surface area (Å²) in [5.74, 6) is -1.47. The maximum Gasteiger partial charge on any atom is 0.306 e. The summed E-state index contributed by atoms with van der Waals surface area (Å²) in [6.07, 6.45) is 0.362. The lowest BCUT2D eigenvalue weighted by molar-refractivity contribution is -0.157. The van der Waals surface area contributed by atoms with Gasteiger partial charge in [-0.25, -0.2) is 0 Å². The minimum absolute atomic E-state index is 0.00136. The van der Waals surface area contributed by atoms with Crippen LogP contribution in [0.5, 0.6) is 0 Å². The molecule has 0 bridgehead atoms. The van der Waals surface area contributed by atoms with Gasteiger partial charge < -0.3 is 14.6 Å². The normalized spacial score (nSPS) is 33.3. The highest BCUT2D eigenvalue weighted by atomic mass is 16.6. The lowest BCUT2D eigenvalue weighted by atomic mass is 9.85. The third-order valence-electron chi connectivity index (χ3n) is 2.52. The van der Waals surface area contributed by atoms with Gasteiger partial charge in [0.25, 0.3) is 0 Å². The molecular formula is C9H15BO5. The van der Waals surface area contributed by atoms with Crippen molar-refractivity contribution in [3.63, 3.8) is 0 Å². The molecule has 1 aliphatic rings. The van der Waals surface area contributed by atoms with Gasteiger partial charge >= 0.3 is 11.9 Å². The van der Waals surface area contributed by atoms with Crippen molar-refractivity contribution in [2.24, 2.45) is 0 Å².